The van der Waals surface area contributed by atoms with Crippen LogP contribution in [0.1, 0.15) is 37.0 Å². The summed E-state index contributed by atoms with van der Waals surface area (Å²) in [5.74, 6) is 0.589. The number of amides is 1. The Balaban J connectivity index is -0.000000720. The van der Waals surface area contributed by atoms with Gasteiger partial charge < -0.3 is 10.6 Å². The van der Waals surface area contributed by atoms with Crippen LogP contribution < -0.4 is 10.6 Å². The van der Waals surface area contributed by atoms with Gasteiger partial charge in [0.25, 0.3) is 0 Å². The third-order valence-electron chi connectivity index (χ3n) is 2.04. The molecule has 0 aromatic heterocycles. The fraction of sp³-hybridized carbons (Fsp3) is 0.900. The van der Waals surface area contributed by atoms with E-state index in [0.29, 0.717) is 18.4 Å². The molecule has 0 aliphatic carbocycles. The van der Waals surface area contributed by atoms with Gasteiger partial charge in [0.2, 0.25) is 5.91 Å². The lowest BCUT2D eigenvalue weighted by atomic mass is 10.00. The van der Waals surface area contributed by atoms with Crippen molar-refractivity contribution < 1.29 is 7.65 Å². The molecule has 0 aromatic rings. The van der Waals surface area contributed by atoms with E-state index in [9.17, 15) is 4.79 Å². The smallest absolute Gasteiger partial charge is 0.221 e. The molecule has 3 heteroatoms. The molecule has 0 saturated heterocycles. The van der Waals surface area contributed by atoms with Gasteiger partial charge in [0.05, 0.1) is 0 Å². The molecule has 0 radical (unpaired) electrons. The van der Waals surface area contributed by atoms with E-state index in [1.165, 1.54) is 0 Å². The summed E-state index contributed by atoms with van der Waals surface area (Å²) in [7, 11) is 1.68. The third kappa shape index (κ3) is 5.64. The van der Waals surface area contributed by atoms with Crippen molar-refractivity contribution in [2.75, 3.05) is 7.05 Å². The SMILES string of the molecule is CNC(=O)C[C@@H](NC(C)C)C(C)C.[HH].[HH]. The maximum Gasteiger partial charge on any atom is 0.221 e. The first kappa shape index (κ1) is 12.4. The Morgan fingerprint density at radius 2 is 1.85 bits per heavy atom. The lowest BCUT2D eigenvalue weighted by Crippen LogP contribution is -2.41. The number of carbonyl (C=O) groups excluding carboxylic acids is 1. The van der Waals surface area contributed by atoms with Crippen molar-refractivity contribution in [3.63, 3.8) is 0 Å². The second-order valence-corrected chi connectivity index (χ2v) is 4.05. The molecule has 0 spiro atoms. The first-order valence-corrected chi connectivity index (χ1v) is 4.94. The van der Waals surface area contributed by atoms with E-state index in [-0.39, 0.29) is 14.8 Å². The van der Waals surface area contributed by atoms with Crippen molar-refractivity contribution in [2.45, 2.75) is 46.2 Å². The number of rotatable bonds is 5. The van der Waals surface area contributed by atoms with Gasteiger partial charge in [-0.25, -0.2) is 0 Å². The van der Waals surface area contributed by atoms with E-state index in [2.05, 4.69) is 38.3 Å². The summed E-state index contributed by atoms with van der Waals surface area (Å²) in [4.78, 5) is 11.2. The molecule has 3 nitrogen and oxygen atoms in total. The standard InChI is InChI=1S/C10H22N2O.2H2/c1-7(2)9(12-8(3)4)6-10(13)11-5;;/h7-9,12H,6H2,1-5H3,(H,11,13);2*1H/t9-;;/m1../s1. The second-order valence-electron chi connectivity index (χ2n) is 4.05. The molecule has 0 aromatic carbocycles. The van der Waals surface area contributed by atoms with Crippen LogP contribution >= 0.6 is 0 Å². The molecule has 0 aliphatic heterocycles. The van der Waals surface area contributed by atoms with Crippen LogP contribution in [0.3, 0.4) is 0 Å². The highest BCUT2D eigenvalue weighted by Crippen LogP contribution is 2.06. The Morgan fingerprint density at radius 1 is 1.31 bits per heavy atom. The molecular formula is C10H26N2O. The molecule has 0 rings (SSSR count). The normalized spacial score (nSPS) is 13.5. The molecule has 0 bridgehead atoms. The number of nitrogens with one attached hydrogen (secondary N) is 2. The van der Waals surface area contributed by atoms with E-state index in [1.807, 2.05) is 0 Å². The van der Waals surface area contributed by atoms with Crippen molar-refractivity contribution in [1.82, 2.24) is 10.6 Å². The van der Waals surface area contributed by atoms with Crippen LogP contribution in [-0.2, 0) is 4.79 Å². The van der Waals surface area contributed by atoms with Crippen molar-refractivity contribution in [3.05, 3.63) is 0 Å². The van der Waals surface area contributed by atoms with Crippen molar-refractivity contribution in [3.8, 4) is 0 Å². The maximum atomic E-state index is 11.2. The molecule has 1 amide bonds. The maximum absolute atomic E-state index is 11.2. The average Bonchev–Trinajstić information content (AvgIpc) is 2.02. The fourth-order valence-corrected chi connectivity index (χ4v) is 1.22. The van der Waals surface area contributed by atoms with Crippen molar-refractivity contribution in [2.24, 2.45) is 5.92 Å². The Kier molecular flexibility index (Phi) is 5.71. The Morgan fingerprint density at radius 3 is 2.15 bits per heavy atom. The zero-order chi connectivity index (χ0) is 10.4. The van der Waals surface area contributed by atoms with Crippen molar-refractivity contribution in [1.29, 1.82) is 0 Å². The van der Waals surface area contributed by atoms with Gasteiger partial charge in [0, 0.05) is 28.4 Å². The highest BCUT2D eigenvalue weighted by Gasteiger charge is 2.16. The summed E-state index contributed by atoms with van der Waals surface area (Å²) in [6.07, 6.45) is 0.562. The van der Waals surface area contributed by atoms with Gasteiger partial charge in [-0.05, 0) is 5.92 Å². The van der Waals surface area contributed by atoms with E-state index in [0.717, 1.165) is 0 Å². The summed E-state index contributed by atoms with van der Waals surface area (Å²) >= 11 is 0. The first-order chi connectivity index (χ1) is 5.97. The molecular weight excluding hydrogens is 164 g/mol. The van der Waals surface area contributed by atoms with Crippen LogP contribution in [0.2, 0.25) is 0 Å². The highest BCUT2D eigenvalue weighted by atomic mass is 16.1. The molecule has 0 unspecified atom stereocenters. The van der Waals surface area contributed by atoms with Gasteiger partial charge in [0.15, 0.2) is 0 Å². The van der Waals surface area contributed by atoms with Gasteiger partial charge >= 0.3 is 0 Å². The summed E-state index contributed by atoms with van der Waals surface area (Å²) in [5, 5.41) is 6.03. The van der Waals surface area contributed by atoms with Crippen LogP contribution in [0.4, 0.5) is 0 Å². The van der Waals surface area contributed by atoms with E-state index in [1.54, 1.807) is 7.05 Å². The first-order valence-electron chi connectivity index (χ1n) is 4.94. The van der Waals surface area contributed by atoms with Gasteiger partial charge in [-0.1, -0.05) is 27.7 Å². The fourth-order valence-electron chi connectivity index (χ4n) is 1.22. The minimum Gasteiger partial charge on any atom is -0.359 e. The summed E-state index contributed by atoms with van der Waals surface area (Å²) < 4.78 is 0. The molecule has 13 heavy (non-hydrogen) atoms. The number of hydrogen-bond acceptors (Lipinski definition) is 2. The minimum atomic E-state index is 0. The van der Waals surface area contributed by atoms with Gasteiger partial charge in [-0.15, -0.1) is 0 Å². The molecule has 1 atom stereocenters. The van der Waals surface area contributed by atoms with Gasteiger partial charge in [-0.2, -0.15) is 0 Å². The monoisotopic (exact) mass is 190 g/mol. The molecule has 0 aliphatic rings. The Hall–Kier alpha value is -0.570. The Labute approximate surface area is 84.3 Å². The van der Waals surface area contributed by atoms with Crippen LogP contribution in [0.5, 0.6) is 0 Å². The predicted molar refractivity (Wildman–Crippen MR) is 59.8 cm³/mol. The lowest BCUT2D eigenvalue weighted by Gasteiger charge is -2.23. The minimum absolute atomic E-state index is 0. The number of hydrogen-bond donors (Lipinski definition) is 2. The van der Waals surface area contributed by atoms with E-state index in [4.69, 9.17) is 0 Å². The quantitative estimate of drug-likeness (QED) is 0.692. The largest absolute Gasteiger partial charge is 0.359 e. The lowest BCUT2D eigenvalue weighted by molar-refractivity contribution is -0.121. The highest BCUT2D eigenvalue weighted by molar-refractivity contribution is 5.76. The van der Waals surface area contributed by atoms with Crippen LogP contribution in [0, 0.1) is 5.92 Å². The molecule has 0 saturated carbocycles. The molecule has 0 heterocycles. The molecule has 2 N–H and O–H groups in total. The summed E-state index contributed by atoms with van der Waals surface area (Å²) in [5.41, 5.74) is 0. The van der Waals surface area contributed by atoms with Crippen molar-refractivity contribution >= 4 is 5.91 Å². The molecule has 0 fully saturated rings. The van der Waals surface area contributed by atoms with Gasteiger partial charge in [0.1, 0.15) is 0 Å². The summed E-state index contributed by atoms with van der Waals surface area (Å²) in [6.45, 7) is 8.45. The van der Waals surface area contributed by atoms with E-state index >= 15 is 0 Å². The topological polar surface area (TPSA) is 41.1 Å². The third-order valence-corrected chi connectivity index (χ3v) is 2.04. The van der Waals surface area contributed by atoms with E-state index < -0.39 is 0 Å². The zero-order valence-corrected chi connectivity index (χ0v) is 9.35. The summed E-state index contributed by atoms with van der Waals surface area (Å²) in [6, 6.07) is 0.706. The average molecular weight is 190 g/mol. The van der Waals surface area contributed by atoms with Crippen LogP contribution in [0.25, 0.3) is 0 Å². The van der Waals surface area contributed by atoms with Crippen LogP contribution in [0.15, 0.2) is 0 Å². The number of carbonyl (C=O) groups is 1. The zero-order valence-electron chi connectivity index (χ0n) is 9.35. The molecule has 82 valence electrons. The predicted octanol–water partition coefficient (Wildman–Crippen LogP) is 1.64. The van der Waals surface area contributed by atoms with Crippen LogP contribution in [-0.4, -0.2) is 25.0 Å². The second kappa shape index (κ2) is 5.97. The van der Waals surface area contributed by atoms with Gasteiger partial charge in [-0.3, -0.25) is 4.79 Å². The Bertz CT molecular complexity index is 164.